The van der Waals surface area contributed by atoms with Gasteiger partial charge in [0.15, 0.2) is 0 Å². The van der Waals surface area contributed by atoms with E-state index in [4.69, 9.17) is 5.21 Å². The lowest BCUT2D eigenvalue weighted by Gasteiger charge is -2.10. The van der Waals surface area contributed by atoms with Crippen molar-refractivity contribution in [3.63, 3.8) is 0 Å². The van der Waals surface area contributed by atoms with Crippen molar-refractivity contribution in [1.82, 2.24) is 19.9 Å². The Morgan fingerprint density at radius 1 is 0.833 bits per heavy atom. The lowest BCUT2D eigenvalue weighted by Crippen LogP contribution is -2.84. The Morgan fingerprint density at radius 3 is 1.33 bits per heavy atom. The Labute approximate surface area is 170 Å². The Kier molecular flexibility index (Phi) is 12.6. The molecule has 0 aromatic carbocycles. The van der Waals surface area contributed by atoms with Crippen LogP contribution in [0.1, 0.15) is 0 Å². The number of hydrogen-bond donors (Lipinski definition) is 3. The summed E-state index contributed by atoms with van der Waals surface area (Å²) in [5.74, 6) is 0. The molecule has 1 aromatic rings. The van der Waals surface area contributed by atoms with E-state index in [9.17, 15) is 35.8 Å². The van der Waals surface area contributed by atoms with Crippen LogP contribution in [-0.2, 0) is 49.0 Å². The van der Waals surface area contributed by atoms with E-state index in [1.54, 1.807) is 0 Å². The van der Waals surface area contributed by atoms with Crippen molar-refractivity contribution in [2.45, 2.75) is 19.6 Å². The van der Waals surface area contributed by atoms with Crippen LogP contribution in [0.5, 0.6) is 0 Å². The molecule has 0 spiro atoms. The van der Waals surface area contributed by atoms with Crippen LogP contribution in [0.25, 0.3) is 0 Å². The molecule has 0 bridgehead atoms. The first kappa shape index (κ1) is 29.5. The maximum absolute atomic E-state index is 11.9. The predicted molar refractivity (Wildman–Crippen MR) is 100 cm³/mol. The van der Waals surface area contributed by atoms with Crippen molar-refractivity contribution in [2.24, 2.45) is 0 Å². The summed E-state index contributed by atoms with van der Waals surface area (Å²) in [4.78, 5) is 35.3. The number of quaternary nitrogens is 2. The second kappa shape index (κ2) is 12.8. The van der Waals surface area contributed by atoms with E-state index >= 15 is 0 Å². The van der Waals surface area contributed by atoms with Gasteiger partial charge in [0.25, 0.3) is 0 Å². The summed E-state index contributed by atoms with van der Waals surface area (Å²) in [6.07, 6.45) is 4.26. The van der Waals surface area contributed by atoms with Crippen LogP contribution in [-0.4, -0.2) is 40.3 Å². The van der Waals surface area contributed by atoms with Crippen molar-refractivity contribution in [3.8, 4) is 0 Å². The van der Waals surface area contributed by atoms with E-state index in [-0.39, 0.29) is 25.8 Å². The molecule has 30 heavy (non-hydrogen) atoms. The fourth-order valence-electron chi connectivity index (χ4n) is 1.63. The molecule has 1 aromatic heterocycles. The topological polar surface area (TPSA) is 249 Å². The molecule has 0 fully saturated rings. The zero-order valence-corrected chi connectivity index (χ0v) is 17.4. The maximum Gasteiger partial charge on any atom is 0.491 e. The van der Waals surface area contributed by atoms with Gasteiger partial charge in [-0.3, -0.25) is 0 Å². The van der Waals surface area contributed by atoms with Crippen molar-refractivity contribution < 1.29 is 40.1 Å². The van der Waals surface area contributed by atoms with Gasteiger partial charge >= 0.3 is 27.4 Å². The predicted octanol–water partition coefficient (Wildman–Crippen LogP) is -3.30. The lowest BCUT2D eigenvalue weighted by atomic mass is 10.5. The van der Waals surface area contributed by atoms with Gasteiger partial charge in [0, 0.05) is 0 Å². The van der Waals surface area contributed by atoms with Crippen molar-refractivity contribution in [2.75, 3.05) is 0 Å². The lowest BCUT2D eigenvalue weighted by molar-refractivity contribution is -0.774. The third-order valence-corrected chi connectivity index (χ3v) is 3.49. The standard InChI is InChI=1S/C12H15N3O3.H3NO8S2.H3N/c1-4-7-13-10(16)14(8-5-2)12(18)15(9-6-3)11(13)17;2-1-10(3,4)8-9-11(5,6)7;/h4-6H,1-3,7-9H2;1-2H,(H,5,6,7);1H3/p+1. The second-order valence-corrected chi connectivity index (χ2v) is 6.97. The normalized spacial score (nSPS) is 10.9. The van der Waals surface area contributed by atoms with Crippen LogP contribution >= 0.6 is 0 Å². The molecule has 7 N–H and O–H groups in total. The molecule has 0 atom stereocenters. The van der Waals surface area contributed by atoms with E-state index in [1.807, 2.05) is 0 Å². The zero-order valence-electron chi connectivity index (χ0n) is 15.7. The van der Waals surface area contributed by atoms with E-state index in [0.717, 1.165) is 13.7 Å². The van der Waals surface area contributed by atoms with Crippen LogP contribution in [0.3, 0.4) is 0 Å². The highest BCUT2D eigenvalue weighted by atomic mass is 32.3. The number of rotatable bonds is 10. The SMILES string of the molecule is C=CCn1c(=O)n(CC=C)c(=O)n(CC=C)c1=O.O=S(=O)([O-])OOS(=O)(=O)[NH2+]O.[NH4+]. The Morgan fingerprint density at radius 2 is 1.13 bits per heavy atom. The average molecular weight is 476 g/mol. The van der Waals surface area contributed by atoms with E-state index in [1.165, 1.54) is 18.2 Å². The van der Waals surface area contributed by atoms with Gasteiger partial charge in [-0.1, -0.05) is 27.4 Å². The van der Waals surface area contributed by atoms with Gasteiger partial charge < -0.3 is 10.7 Å². The Balaban J connectivity index is 0. The number of aromatic nitrogens is 3. The van der Waals surface area contributed by atoms with E-state index < -0.39 is 42.7 Å². The highest BCUT2D eigenvalue weighted by molar-refractivity contribution is 7.82. The van der Waals surface area contributed by atoms with Crippen LogP contribution in [0, 0.1) is 0 Å². The van der Waals surface area contributed by atoms with Crippen LogP contribution in [0.15, 0.2) is 52.3 Å². The molecule has 0 aliphatic carbocycles. The highest BCUT2D eigenvalue weighted by Gasteiger charge is 2.16. The molecule has 18 heteroatoms. The summed E-state index contributed by atoms with van der Waals surface area (Å²) >= 11 is 0. The van der Waals surface area contributed by atoms with Gasteiger partial charge in [-0.25, -0.2) is 41.7 Å². The van der Waals surface area contributed by atoms with Gasteiger partial charge in [0.2, 0.25) is 10.4 Å². The fourth-order valence-corrected chi connectivity index (χ4v) is 2.25. The molecule has 0 amide bonds. The molecular weight excluding hydrogens is 454 g/mol. The van der Waals surface area contributed by atoms with Crippen LogP contribution in [0.2, 0.25) is 0 Å². The van der Waals surface area contributed by atoms with Gasteiger partial charge in [-0.15, -0.1) is 28.2 Å². The summed E-state index contributed by atoms with van der Waals surface area (Å²) in [5, 5.41) is 7.78. The average Bonchev–Trinajstić information content (AvgIpc) is 2.64. The number of allylic oxidation sites excluding steroid dienone is 3. The third-order valence-electron chi connectivity index (χ3n) is 2.66. The fraction of sp³-hybridized carbons (Fsp3) is 0.250. The molecular formula is C12H22N5O11S2+. The van der Waals surface area contributed by atoms with Crippen molar-refractivity contribution in [3.05, 3.63) is 69.4 Å². The van der Waals surface area contributed by atoms with Crippen LogP contribution in [0.4, 0.5) is 0 Å². The minimum atomic E-state index is -5.25. The van der Waals surface area contributed by atoms with Gasteiger partial charge in [-0.05, 0) is 4.33 Å². The maximum atomic E-state index is 11.9. The first-order valence-electron chi connectivity index (χ1n) is 7.18. The minimum Gasteiger partial charge on any atom is -0.724 e. The summed E-state index contributed by atoms with van der Waals surface area (Å²) in [6.45, 7) is 10.6. The second-order valence-electron chi connectivity index (χ2n) is 4.69. The molecule has 1 rings (SSSR count). The van der Waals surface area contributed by atoms with Gasteiger partial charge in [0.05, 0.1) is 19.6 Å². The summed E-state index contributed by atoms with van der Waals surface area (Å²) in [6, 6.07) is 0. The molecule has 0 saturated carbocycles. The van der Waals surface area contributed by atoms with E-state index in [0.29, 0.717) is 0 Å². The van der Waals surface area contributed by atoms with Crippen molar-refractivity contribution >= 4 is 20.7 Å². The minimum absolute atomic E-state index is 0. The summed E-state index contributed by atoms with van der Waals surface area (Å²) in [7, 11) is -9.87. The summed E-state index contributed by atoms with van der Waals surface area (Å²) in [5.41, 5.74) is -1.99. The first-order valence-corrected chi connectivity index (χ1v) is 9.98. The van der Waals surface area contributed by atoms with Gasteiger partial charge in [0.1, 0.15) is 0 Å². The van der Waals surface area contributed by atoms with Gasteiger partial charge in [-0.2, -0.15) is 0 Å². The molecule has 172 valence electrons. The quantitative estimate of drug-likeness (QED) is 0.0991. The monoisotopic (exact) mass is 476 g/mol. The highest BCUT2D eigenvalue weighted by Crippen LogP contribution is 1.89. The molecule has 0 saturated heterocycles. The third kappa shape index (κ3) is 9.19. The molecule has 1 heterocycles. The first-order chi connectivity index (χ1) is 13.3. The zero-order chi connectivity index (χ0) is 22.8. The Bertz CT molecular complexity index is 1010. The molecule has 0 unspecified atom stereocenters. The Hall–Kier alpha value is -2.71. The van der Waals surface area contributed by atoms with Crippen LogP contribution < -0.4 is 28.1 Å². The smallest absolute Gasteiger partial charge is 0.491 e. The number of hydrogen-bond acceptors (Lipinski definition) is 11. The van der Waals surface area contributed by atoms with E-state index in [2.05, 4.69) is 28.4 Å². The number of nitrogens with zero attached hydrogens (tertiary/aromatic N) is 3. The number of nitrogens with two attached hydrogens (primary N) is 1. The molecule has 16 nitrogen and oxygen atoms in total. The largest absolute Gasteiger partial charge is 0.724 e. The van der Waals surface area contributed by atoms with Crippen molar-refractivity contribution in [1.29, 1.82) is 0 Å². The molecule has 0 aliphatic rings. The summed E-state index contributed by atoms with van der Waals surface area (Å²) < 4.78 is 57.2. The molecule has 0 aliphatic heterocycles. The molecule has 0 radical (unpaired) electrons.